The second kappa shape index (κ2) is 17.5. The third-order valence-electron chi connectivity index (χ3n) is 0. The average molecular weight is 332 g/mol. The molecule has 0 aromatic carbocycles. The van der Waals surface area contributed by atoms with Crippen LogP contribution in [-0.4, -0.2) is 6.80 Å². The molecule has 0 aromatic heterocycles. The van der Waals surface area contributed by atoms with Crippen LogP contribution in [0.4, 0.5) is 0 Å². The van der Waals surface area contributed by atoms with Crippen molar-refractivity contribution in [3.8, 4) is 0 Å². The van der Waals surface area contributed by atoms with E-state index in [9.17, 15) is 0 Å². The summed E-state index contributed by atoms with van der Waals surface area (Å²) in [6.45, 7) is 0. The predicted octanol–water partition coefficient (Wildman–Crippen LogP) is -1.38. The number of hydrogen-bond donors (Lipinski definition) is 1. The summed E-state index contributed by atoms with van der Waals surface area (Å²) in [5.41, 5.74) is 0. The first-order valence-electron chi connectivity index (χ1n) is 0.224. The summed E-state index contributed by atoms with van der Waals surface area (Å²) in [7, 11) is 0. The fraction of sp³-hybridized carbons (Fsp3) is 0. The van der Waals surface area contributed by atoms with Gasteiger partial charge in [0.15, 0.2) is 0 Å². The summed E-state index contributed by atoms with van der Waals surface area (Å²) < 4.78 is 7.14. The van der Waals surface area contributed by atoms with Crippen molar-refractivity contribution in [2.24, 2.45) is 0 Å². The van der Waals surface area contributed by atoms with Crippen LogP contribution in [0.2, 0.25) is 0 Å². The van der Waals surface area contributed by atoms with E-state index in [-0.39, 0.29) is 45.4 Å². The molecule has 0 spiro atoms. The SMILES string of the molecule is O.[Gd].[OH][Ce]. The molecule has 4 heavy (non-hydrogen) atoms. The number of hydrogen-bond acceptors (Lipinski definition) is 1. The van der Waals surface area contributed by atoms with Crippen molar-refractivity contribution in [3.05, 3.63) is 0 Å². The first kappa shape index (κ1) is 16.0. The molecule has 0 saturated heterocycles. The Kier molecular flexibility index (Phi) is 69.7. The maximum absolute atomic E-state index is 7.14. The molecule has 3 N–H and O–H groups in total. The van der Waals surface area contributed by atoms with Crippen molar-refractivity contribution < 1.29 is 87.0 Å². The van der Waals surface area contributed by atoms with Gasteiger partial charge in [-0.25, -0.2) is 0 Å². The Labute approximate surface area is 84.7 Å². The summed E-state index contributed by atoms with van der Waals surface area (Å²) in [4.78, 5) is 0. The Morgan fingerprint density at radius 2 is 1.25 bits per heavy atom. The van der Waals surface area contributed by atoms with Crippen molar-refractivity contribution in [1.82, 2.24) is 0 Å². The quantitative estimate of drug-likeness (QED) is 0.584. The summed E-state index contributed by atoms with van der Waals surface area (Å²) in [5, 5.41) is 0. The van der Waals surface area contributed by atoms with Gasteiger partial charge in [0.25, 0.3) is 0 Å². The van der Waals surface area contributed by atoms with Gasteiger partial charge in [-0.2, -0.15) is 0 Å². The van der Waals surface area contributed by atoms with E-state index >= 15 is 0 Å². The van der Waals surface area contributed by atoms with Gasteiger partial charge in [0.1, 0.15) is 0 Å². The minimum absolute atomic E-state index is 0. The molecule has 0 rings (SSSR count). The van der Waals surface area contributed by atoms with E-state index in [4.69, 9.17) is 1.32 Å². The van der Waals surface area contributed by atoms with Crippen LogP contribution < -0.4 is 0 Å². The van der Waals surface area contributed by atoms with E-state index in [2.05, 4.69) is 0 Å². The fourth-order valence-electron chi connectivity index (χ4n) is 0. The van der Waals surface area contributed by atoms with Gasteiger partial charge in [-0.05, 0) is 0 Å². The van der Waals surface area contributed by atoms with Gasteiger partial charge in [0.05, 0.1) is 0 Å². The molecule has 0 bridgehead atoms. The van der Waals surface area contributed by atoms with Gasteiger partial charge in [0, 0.05) is 39.9 Å². The summed E-state index contributed by atoms with van der Waals surface area (Å²) in [6.07, 6.45) is 0. The molecule has 0 aliphatic carbocycles. The summed E-state index contributed by atoms with van der Waals surface area (Å²) >= 11 is 0.306. The molecule has 0 saturated carbocycles. The standard InChI is InChI=1S/Ce.Gd.2H2O/h;;2*1H2/q+1;;;/p-1. The predicted molar refractivity (Wildman–Crippen MR) is 5.83 cm³/mol. The zero-order chi connectivity index (χ0) is 2.00. The molecule has 0 aromatic rings. The van der Waals surface area contributed by atoms with Gasteiger partial charge < -0.3 is 5.48 Å². The van der Waals surface area contributed by atoms with E-state index in [0.29, 0.717) is 40.2 Å². The Morgan fingerprint density at radius 3 is 1.25 bits per heavy atom. The van der Waals surface area contributed by atoms with Crippen molar-refractivity contribution in [2.75, 3.05) is 0 Å². The van der Waals surface area contributed by atoms with E-state index in [1.165, 1.54) is 0 Å². The topological polar surface area (TPSA) is 51.7 Å². The monoisotopic (exact) mass is 333 g/mol. The average Bonchev–Trinajstić information content (AvgIpc) is 1.00. The second-order valence-electron chi connectivity index (χ2n) is 0. The van der Waals surface area contributed by atoms with Crippen LogP contribution in [0.5, 0.6) is 0 Å². The summed E-state index contributed by atoms with van der Waals surface area (Å²) in [5.74, 6) is 0. The van der Waals surface area contributed by atoms with Crippen LogP contribution in [0.15, 0.2) is 0 Å². The first-order valence-corrected chi connectivity index (χ1v) is 1.63. The Morgan fingerprint density at radius 1 is 1.25 bits per heavy atom. The van der Waals surface area contributed by atoms with Crippen LogP contribution in [0.3, 0.4) is 0 Å². The van der Waals surface area contributed by atoms with Gasteiger partial charge in [0.2, 0.25) is 0 Å². The van der Waals surface area contributed by atoms with Crippen LogP contribution in [0.25, 0.3) is 0 Å². The molecule has 0 radical (unpaired) electrons. The molecule has 0 aliphatic heterocycles. The molecule has 27 valence electrons. The van der Waals surface area contributed by atoms with Crippen molar-refractivity contribution >= 4 is 0 Å². The molecule has 0 aliphatic rings. The maximum atomic E-state index is 7.14. The van der Waals surface area contributed by atoms with Crippen LogP contribution in [0, 0.1) is 80.2 Å². The van der Waals surface area contributed by atoms with E-state index in [1.807, 2.05) is 0 Å². The Bertz CT molecular complexity index is 6.00. The van der Waals surface area contributed by atoms with Gasteiger partial charge in [-0.1, -0.05) is 0 Å². The molecule has 0 fully saturated rings. The molecule has 0 amide bonds. The van der Waals surface area contributed by atoms with Gasteiger partial charge >= 0.3 is 41.6 Å². The van der Waals surface area contributed by atoms with Crippen molar-refractivity contribution in [2.45, 2.75) is 0 Å². The zero-order valence-electron chi connectivity index (χ0n) is 1.80. The second-order valence-corrected chi connectivity index (χ2v) is 0. The van der Waals surface area contributed by atoms with Crippen molar-refractivity contribution in [3.63, 3.8) is 0 Å². The molecule has 0 heterocycles. The van der Waals surface area contributed by atoms with E-state index < -0.39 is 0 Å². The van der Waals surface area contributed by atoms with Crippen LogP contribution in [0.1, 0.15) is 0 Å². The Hall–Kier alpha value is 2.62. The summed E-state index contributed by atoms with van der Waals surface area (Å²) in [6, 6.07) is 0. The minimum atomic E-state index is 0. The molecular weight excluding hydrogens is 329 g/mol. The molecule has 0 atom stereocenters. The normalized spacial score (nSPS) is 1.00. The number of rotatable bonds is 0. The fourth-order valence-corrected chi connectivity index (χ4v) is 0. The van der Waals surface area contributed by atoms with Crippen LogP contribution >= 0.6 is 0 Å². The molecule has 4 heteroatoms. The molecule has 2 nitrogen and oxygen atoms in total. The van der Waals surface area contributed by atoms with Crippen molar-refractivity contribution in [1.29, 1.82) is 0 Å². The van der Waals surface area contributed by atoms with Gasteiger partial charge in [-0.3, -0.25) is 0 Å². The first-order chi connectivity index (χ1) is 1.00. The molecular formula is H3CeGdO2. The van der Waals surface area contributed by atoms with E-state index in [0.717, 1.165) is 0 Å². The van der Waals surface area contributed by atoms with Crippen LogP contribution in [-0.2, 0) is 0 Å². The molecule has 0 unspecified atom stereocenters. The third kappa shape index (κ3) is 8.82. The Balaban J connectivity index is -0.00000000500. The van der Waals surface area contributed by atoms with E-state index in [1.54, 1.807) is 0 Å². The third-order valence-corrected chi connectivity index (χ3v) is 0. The van der Waals surface area contributed by atoms with Gasteiger partial charge in [-0.15, -0.1) is 0 Å². The zero-order valence-corrected chi connectivity index (χ0v) is 7.21.